The lowest BCUT2D eigenvalue weighted by molar-refractivity contribution is 0.0458. The maximum absolute atomic E-state index is 12.5. The Hall–Kier alpha value is -4.06. The van der Waals surface area contributed by atoms with Gasteiger partial charge in [-0.25, -0.2) is 9.59 Å². The van der Waals surface area contributed by atoms with E-state index < -0.39 is 11.9 Å². The normalized spacial score (nSPS) is 10.2. The van der Waals surface area contributed by atoms with Crippen molar-refractivity contribution in [1.82, 2.24) is 0 Å². The van der Waals surface area contributed by atoms with Crippen molar-refractivity contribution >= 4 is 18.0 Å². The summed E-state index contributed by atoms with van der Waals surface area (Å²) in [6.07, 6.45) is 1.50. The van der Waals surface area contributed by atoms with Gasteiger partial charge in [0, 0.05) is 0 Å². The van der Waals surface area contributed by atoms with Crippen molar-refractivity contribution in [2.45, 2.75) is 13.2 Å². The molecule has 0 spiro atoms. The van der Waals surface area contributed by atoms with Gasteiger partial charge in [0.2, 0.25) is 0 Å². The largest absolute Gasteiger partial charge is 0.497 e. The molecule has 3 rings (SSSR count). The van der Waals surface area contributed by atoms with Gasteiger partial charge in [-0.1, -0.05) is 36.9 Å². The summed E-state index contributed by atoms with van der Waals surface area (Å²) in [5.41, 5.74) is 2.80. The summed E-state index contributed by atoms with van der Waals surface area (Å²) in [5, 5.41) is 0. The predicted molar refractivity (Wildman–Crippen MR) is 121 cm³/mol. The van der Waals surface area contributed by atoms with Crippen LogP contribution in [-0.2, 0) is 22.7 Å². The minimum Gasteiger partial charge on any atom is -0.497 e. The van der Waals surface area contributed by atoms with E-state index in [0.29, 0.717) is 16.7 Å². The highest BCUT2D eigenvalue weighted by molar-refractivity contribution is 5.97. The molecule has 3 aromatic carbocycles. The predicted octanol–water partition coefficient (Wildman–Crippen LogP) is 5.06. The Morgan fingerprint density at radius 1 is 0.750 bits per heavy atom. The average Bonchev–Trinajstić information content (AvgIpc) is 2.85. The molecule has 0 saturated heterocycles. The first-order valence-corrected chi connectivity index (χ1v) is 9.90. The van der Waals surface area contributed by atoms with Crippen molar-refractivity contribution in [1.29, 1.82) is 0 Å². The average molecular weight is 432 g/mol. The molecule has 0 aliphatic rings. The molecule has 0 heterocycles. The monoisotopic (exact) mass is 432 g/mol. The smallest absolute Gasteiger partial charge is 0.339 e. The van der Waals surface area contributed by atoms with Crippen LogP contribution in [0.2, 0.25) is 0 Å². The molecule has 32 heavy (non-hydrogen) atoms. The van der Waals surface area contributed by atoms with Crippen molar-refractivity contribution in [2.75, 3.05) is 14.2 Å². The van der Waals surface area contributed by atoms with Crippen LogP contribution < -0.4 is 9.47 Å². The first kappa shape index (κ1) is 22.6. The number of hydrogen-bond donors (Lipinski definition) is 0. The third-order valence-electron chi connectivity index (χ3n) is 4.79. The first-order valence-electron chi connectivity index (χ1n) is 9.90. The highest BCUT2D eigenvalue weighted by Gasteiger charge is 2.16. The Morgan fingerprint density at radius 3 is 1.72 bits per heavy atom. The quantitative estimate of drug-likeness (QED) is 0.440. The molecule has 0 bridgehead atoms. The fourth-order valence-corrected chi connectivity index (χ4v) is 2.95. The SMILES string of the molecule is C=Cc1cc(C(=O)OCc2ccc(OC)cc2)ccc1C(=O)OCc1ccc(OC)cc1. The number of esters is 2. The van der Waals surface area contributed by atoms with Crippen LogP contribution in [0.4, 0.5) is 0 Å². The standard InChI is InChI=1S/C26H24O6/c1-4-20-15-21(25(27)31-16-18-5-10-22(29-2)11-6-18)9-14-24(20)26(28)32-17-19-7-12-23(30-3)13-8-19/h4-15H,1,16-17H2,2-3H3. The fraction of sp³-hybridized carbons (Fsp3) is 0.154. The molecule has 3 aromatic rings. The molecule has 0 atom stereocenters. The Bertz CT molecular complexity index is 1080. The minimum absolute atomic E-state index is 0.116. The lowest BCUT2D eigenvalue weighted by atomic mass is 10.0. The molecule has 0 amide bonds. The van der Waals surface area contributed by atoms with Gasteiger partial charge in [-0.2, -0.15) is 0 Å². The zero-order valence-electron chi connectivity index (χ0n) is 18.0. The third kappa shape index (κ3) is 5.76. The van der Waals surface area contributed by atoms with E-state index in [9.17, 15) is 9.59 Å². The van der Waals surface area contributed by atoms with Gasteiger partial charge in [-0.05, 0) is 59.2 Å². The molecule has 0 saturated carbocycles. The minimum atomic E-state index is -0.506. The van der Waals surface area contributed by atoms with Crippen molar-refractivity contribution in [3.63, 3.8) is 0 Å². The first-order chi connectivity index (χ1) is 15.5. The van der Waals surface area contributed by atoms with Gasteiger partial charge < -0.3 is 18.9 Å². The maximum Gasteiger partial charge on any atom is 0.339 e. The fourth-order valence-electron chi connectivity index (χ4n) is 2.95. The van der Waals surface area contributed by atoms with Crippen LogP contribution in [0.3, 0.4) is 0 Å². The second-order valence-electron chi connectivity index (χ2n) is 6.85. The van der Waals surface area contributed by atoms with Gasteiger partial charge in [0.1, 0.15) is 24.7 Å². The van der Waals surface area contributed by atoms with E-state index in [1.165, 1.54) is 18.2 Å². The molecule has 164 valence electrons. The van der Waals surface area contributed by atoms with Crippen LogP contribution in [0.1, 0.15) is 37.4 Å². The summed E-state index contributed by atoms with van der Waals surface area (Å²) in [6, 6.07) is 19.1. The van der Waals surface area contributed by atoms with Gasteiger partial charge in [-0.3, -0.25) is 0 Å². The molecule has 0 radical (unpaired) electrons. The second kappa shape index (κ2) is 10.8. The second-order valence-corrected chi connectivity index (χ2v) is 6.85. The number of carbonyl (C=O) groups is 2. The summed E-state index contributed by atoms with van der Waals surface area (Å²) >= 11 is 0. The molecule has 0 fully saturated rings. The van der Waals surface area contributed by atoms with Crippen molar-refractivity contribution < 1.29 is 28.5 Å². The number of ether oxygens (including phenoxy) is 4. The molecular formula is C26H24O6. The topological polar surface area (TPSA) is 71.1 Å². The highest BCUT2D eigenvalue weighted by Crippen LogP contribution is 2.18. The zero-order chi connectivity index (χ0) is 22.9. The number of rotatable bonds is 9. The lowest BCUT2D eigenvalue weighted by Gasteiger charge is -2.10. The number of benzene rings is 3. The van der Waals surface area contributed by atoms with Gasteiger partial charge in [0.25, 0.3) is 0 Å². The van der Waals surface area contributed by atoms with Gasteiger partial charge >= 0.3 is 11.9 Å². The van der Waals surface area contributed by atoms with E-state index in [1.807, 2.05) is 24.3 Å². The van der Waals surface area contributed by atoms with Crippen LogP contribution in [0.5, 0.6) is 11.5 Å². The van der Waals surface area contributed by atoms with E-state index in [2.05, 4.69) is 6.58 Å². The summed E-state index contributed by atoms with van der Waals surface area (Å²) in [7, 11) is 3.18. The van der Waals surface area contributed by atoms with E-state index in [-0.39, 0.29) is 13.2 Å². The maximum atomic E-state index is 12.5. The van der Waals surface area contributed by atoms with Gasteiger partial charge in [0.15, 0.2) is 0 Å². The molecular weight excluding hydrogens is 408 g/mol. The molecule has 0 unspecified atom stereocenters. The molecule has 6 nitrogen and oxygen atoms in total. The molecule has 6 heteroatoms. The number of methoxy groups -OCH3 is 2. The third-order valence-corrected chi connectivity index (χ3v) is 4.79. The van der Waals surface area contributed by atoms with Crippen LogP contribution in [0.15, 0.2) is 73.3 Å². The van der Waals surface area contributed by atoms with Gasteiger partial charge in [0.05, 0.1) is 25.3 Å². The van der Waals surface area contributed by atoms with E-state index in [4.69, 9.17) is 18.9 Å². The highest BCUT2D eigenvalue weighted by atomic mass is 16.5. The Morgan fingerprint density at radius 2 is 1.25 bits per heavy atom. The number of hydrogen-bond acceptors (Lipinski definition) is 6. The summed E-state index contributed by atoms with van der Waals surface area (Å²) in [5.74, 6) is 0.449. The van der Waals surface area contributed by atoms with Crippen molar-refractivity contribution in [3.05, 3.63) is 101 Å². The Labute approximate surface area is 187 Å². The Balaban J connectivity index is 1.62. The summed E-state index contributed by atoms with van der Waals surface area (Å²) in [6.45, 7) is 3.98. The zero-order valence-corrected chi connectivity index (χ0v) is 18.0. The van der Waals surface area contributed by atoms with Crippen LogP contribution in [-0.4, -0.2) is 26.2 Å². The van der Waals surface area contributed by atoms with Crippen LogP contribution in [0, 0.1) is 0 Å². The molecule has 0 aliphatic carbocycles. The van der Waals surface area contributed by atoms with Crippen LogP contribution >= 0.6 is 0 Å². The van der Waals surface area contributed by atoms with E-state index in [0.717, 1.165) is 22.6 Å². The van der Waals surface area contributed by atoms with E-state index in [1.54, 1.807) is 44.6 Å². The van der Waals surface area contributed by atoms with Crippen molar-refractivity contribution in [2.24, 2.45) is 0 Å². The molecule has 0 aromatic heterocycles. The van der Waals surface area contributed by atoms with E-state index >= 15 is 0 Å². The van der Waals surface area contributed by atoms with Crippen molar-refractivity contribution in [3.8, 4) is 11.5 Å². The summed E-state index contributed by atoms with van der Waals surface area (Å²) < 4.78 is 21.0. The number of carbonyl (C=O) groups excluding carboxylic acids is 2. The lowest BCUT2D eigenvalue weighted by Crippen LogP contribution is -2.10. The molecule has 0 aliphatic heterocycles. The summed E-state index contributed by atoms with van der Waals surface area (Å²) in [4.78, 5) is 25.0. The Kier molecular flexibility index (Phi) is 7.65. The van der Waals surface area contributed by atoms with Crippen LogP contribution in [0.25, 0.3) is 6.08 Å². The molecule has 0 N–H and O–H groups in total. The van der Waals surface area contributed by atoms with Gasteiger partial charge in [-0.15, -0.1) is 0 Å².